The molecule has 0 unspecified atom stereocenters. The Bertz CT molecular complexity index is 628. The molecular formula is C16H19FN4O. The Morgan fingerprint density at radius 3 is 2.82 bits per heavy atom. The number of guanidine groups is 1. The molecule has 0 aliphatic carbocycles. The van der Waals surface area contributed by atoms with E-state index in [1.54, 1.807) is 24.4 Å². The van der Waals surface area contributed by atoms with Gasteiger partial charge in [-0.1, -0.05) is 6.92 Å². The number of nitrogens with zero attached hydrogens (tertiary/aromatic N) is 2. The zero-order valence-electron chi connectivity index (χ0n) is 12.4. The van der Waals surface area contributed by atoms with Crippen LogP contribution in [-0.4, -0.2) is 17.5 Å². The number of aromatic nitrogens is 1. The van der Waals surface area contributed by atoms with Crippen LogP contribution in [0.5, 0.6) is 11.6 Å². The van der Waals surface area contributed by atoms with Crippen LogP contribution in [0.25, 0.3) is 0 Å². The number of nitrogens with two attached hydrogens (primary N) is 1. The summed E-state index contributed by atoms with van der Waals surface area (Å²) in [5.74, 6) is 1.07. The third-order valence-corrected chi connectivity index (χ3v) is 2.82. The smallest absolute Gasteiger partial charge is 0.219 e. The van der Waals surface area contributed by atoms with Crippen molar-refractivity contribution in [3.63, 3.8) is 0 Å². The summed E-state index contributed by atoms with van der Waals surface area (Å²) < 4.78 is 18.4. The summed E-state index contributed by atoms with van der Waals surface area (Å²) in [6.07, 6.45) is 2.63. The molecule has 1 aromatic carbocycles. The maximum Gasteiger partial charge on any atom is 0.219 e. The molecule has 6 heteroatoms. The molecule has 0 saturated carbocycles. The van der Waals surface area contributed by atoms with Crippen molar-refractivity contribution in [2.24, 2.45) is 10.7 Å². The number of ether oxygens (including phenoxy) is 1. The van der Waals surface area contributed by atoms with Gasteiger partial charge in [0.15, 0.2) is 5.96 Å². The zero-order chi connectivity index (χ0) is 15.8. The van der Waals surface area contributed by atoms with Crippen molar-refractivity contribution in [1.29, 1.82) is 0 Å². The third-order valence-electron chi connectivity index (χ3n) is 2.82. The molecule has 3 N–H and O–H groups in total. The van der Waals surface area contributed by atoms with E-state index in [1.807, 2.05) is 6.07 Å². The normalized spacial score (nSPS) is 11.3. The summed E-state index contributed by atoms with van der Waals surface area (Å²) in [6, 6.07) is 9.39. The van der Waals surface area contributed by atoms with Crippen molar-refractivity contribution >= 4 is 5.96 Å². The van der Waals surface area contributed by atoms with Gasteiger partial charge in [0.2, 0.25) is 5.88 Å². The molecule has 0 aliphatic heterocycles. The molecule has 1 aromatic heterocycles. The number of hydrogen-bond donors (Lipinski definition) is 2. The summed E-state index contributed by atoms with van der Waals surface area (Å²) in [5.41, 5.74) is 6.66. The van der Waals surface area contributed by atoms with Gasteiger partial charge in [-0.2, -0.15) is 0 Å². The Labute approximate surface area is 129 Å². The molecule has 0 amide bonds. The predicted octanol–water partition coefficient (Wildman–Crippen LogP) is 2.83. The van der Waals surface area contributed by atoms with E-state index in [1.165, 1.54) is 12.1 Å². The van der Waals surface area contributed by atoms with E-state index in [-0.39, 0.29) is 5.82 Å². The van der Waals surface area contributed by atoms with Gasteiger partial charge in [-0.05, 0) is 42.3 Å². The number of nitrogens with one attached hydrogen (secondary N) is 1. The Balaban J connectivity index is 1.99. The fraction of sp³-hybridized carbons (Fsp3) is 0.250. The Morgan fingerprint density at radius 1 is 1.32 bits per heavy atom. The molecule has 2 aromatic rings. The van der Waals surface area contributed by atoms with Gasteiger partial charge >= 0.3 is 0 Å². The molecule has 5 nitrogen and oxygen atoms in total. The fourth-order valence-corrected chi connectivity index (χ4v) is 1.71. The minimum atomic E-state index is -0.307. The molecule has 0 radical (unpaired) electrons. The van der Waals surface area contributed by atoms with Crippen molar-refractivity contribution in [2.45, 2.75) is 19.9 Å². The first-order valence-corrected chi connectivity index (χ1v) is 7.09. The second-order valence-electron chi connectivity index (χ2n) is 4.69. The molecule has 0 fully saturated rings. The lowest BCUT2D eigenvalue weighted by molar-refractivity contribution is 0.460. The van der Waals surface area contributed by atoms with Gasteiger partial charge in [-0.3, -0.25) is 0 Å². The average Bonchev–Trinajstić information content (AvgIpc) is 2.53. The van der Waals surface area contributed by atoms with E-state index in [4.69, 9.17) is 10.5 Å². The lowest BCUT2D eigenvalue weighted by atomic mass is 10.2. The Morgan fingerprint density at radius 2 is 2.09 bits per heavy atom. The standard InChI is InChI=1S/C16H19FN4O/c1-2-8-20-16(18)21-11-12-7-9-19-15(10-12)22-14-5-3-13(17)4-6-14/h3-7,9-10H,2,8,11H2,1H3,(H3,18,20,21). The fourth-order valence-electron chi connectivity index (χ4n) is 1.71. The van der Waals surface area contributed by atoms with Crippen molar-refractivity contribution in [3.05, 3.63) is 54.0 Å². The lowest BCUT2D eigenvalue weighted by Crippen LogP contribution is -2.32. The molecule has 22 heavy (non-hydrogen) atoms. The number of hydrogen-bond acceptors (Lipinski definition) is 3. The maximum absolute atomic E-state index is 12.9. The molecule has 0 atom stereocenters. The Hall–Kier alpha value is -2.63. The highest BCUT2D eigenvalue weighted by Crippen LogP contribution is 2.20. The van der Waals surface area contributed by atoms with Crippen LogP contribution in [0, 0.1) is 5.82 Å². The minimum absolute atomic E-state index is 0.307. The van der Waals surface area contributed by atoms with E-state index in [0.29, 0.717) is 24.1 Å². The third kappa shape index (κ3) is 5.05. The summed E-state index contributed by atoms with van der Waals surface area (Å²) in [6.45, 7) is 3.29. The largest absolute Gasteiger partial charge is 0.439 e. The van der Waals surface area contributed by atoms with E-state index in [9.17, 15) is 4.39 Å². The van der Waals surface area contributed by atoms with Crippen LogP contribution >= 0.6 is 0 Å². The molecule has 2 rings (SSSR count). The summed E-state index contributed by atoms with van der Waals surface area (Å²) in [4.78, 5) is 8.36. The van der Waals surface area contributed by atoms with Crippen LogP contribution in [0.1, 0.15) is 18.9 Å². The van der Waals surface area contributed by atoms with E-state index >= 15 is 0 Å². The van der Waals surface area contributed by atoms with Gasteiger partial charge in [0.25, 0.3) is 0 Å². The van der Waals surface area contributed by atoms with Crippen molar-refractivity contribution in [3.8, 4) is 11.6 Å². The van der Waals surface area contributed by atoms with E-state index in [0.717, 1.165) is 18.5 Å². The second-order valence-corrected chi connectivity index (χ2v) is 4.69. The van der Waals surface area contributed by atoms with Crippen LogP contribution in [0.2, 0.25) is 0 Å². The number of halogens is 1. The number of rotatable bonds is 6. The summed E-state index contributed by atoms with van der Waals surface area (Å²) in [7, 11) is 0. The van der Waals surface area contributed by atoms with Gasteiger partial charge in [-0.15, -0.1) is 0 Å². The average molecular weight is 302 g/mol. The molecule has 1 heterocycles. The van der Waals surface area contributed by atoms with E-state index < -0.39 is 0 Å². The summed E-state index contributed by atoms with van der Waals surface area (Å²) in [5, 5.41) is 3.01. The first-order valence-electron chi connectivity index (χ1n) is 7.09. The first-order chi connectivity index (χ1) is 10.7. The topological polar surface area (TPSA) is 72.5 Å². The van der Waals surface area contributed by atoms with Gasteiger partial charge in [0.1, 0.15) is 11.6 Å². The van der Waals surface area contributed by atoms with Crippen LogP contribution in [0.15, 0.2) is 47.6 Å². The van der Waals surface area contributed by atoms with E-state index in [2.05, 4.69) is 22.2 Å². The first kappa shape index (κ1) is 15.8. The van der Waals surface area contributed by atoms with Gasteiger partial charge in [0, 0.05) is 18.8 Å². The Kier molecular flexibility index (Phi) is 5.71. The highest BCUT2D eigenvalue weighted by Gasteiger charge is 2.01. The van der Waals surface area contributed by atoms with Crippen molar-refractivity contribution < 1.29 is 9.13 Å². The SMILES string of the molecule is CCCNC(N)=NCc1ccnc(Oc2ccc(F)cc2)c1. The molecule has 0 spiro atoms. The lowest BCUT2D eigenvalue weighted by Gasteiger charge is -2.06. The van der Waals surface area contributed by atoms with Crippen LogP contribution in [0.3, 0.4) is 0 Å². The maximum atomic E-state index is 12.9. The summed E-state index contributed by atoms with van der Waals surface area (Å²) >= 11 is 0. The van der Waals surface area contributed by atoms with Crippen molar-refractivity contribution in [1.82, 2.24) is 10.3 Å². The monoisotopic (exact) mass is 302 g/mol. The van der Waals surface area contributed by atoms with Crippen LogP contribution in [-0.2, 0) is 6.54 Å². The highest BCUT2D eigenvalue weighted by atomic mass is 19.1. The van der Waals surface area contributed by atoms with Gasteiger partial charge < -0.3 is 15.8 Å². The second kappa shape index (κ2) is 7.97. The minimum Gasteiger partial charge on any atom is -0.439 e. The highest BCUT2D eigenvalue weighted by molar-refractivity contribution is 5.77. The van der Waals surface area contributed by atoms with Gasteiger partial charge in [-0.25, -0.2) is 14.4 Å². The van der Waals surface area contributed by atoms with Crippen LogP contribution < -0.4 is 15.8 Å². The number of aliphatic imine (C=N–C) groups is 1. The van der Waals surface area contributed by atoms with Crippen LogP contribution in [0.4, 0.5) is 4.39 Å². The molecule has 0 saturated heterocycles. The molecular weight excluding hydrogens is 283 g/mol. The number of pyridine rings is 1. The van der Waals surface area contributed by atoms with Crippen molar-refractivity contribution in [2.75, 3.05) is 6.54 Å². The zero-order valence-corrected chi connectivity index (χ0v) is 12.4. The quantitative estimate of drug-likeness (QED) is 0.636. The number of benzene rings is 1. The van der Waals surface area contributed by atoms with Gasteiger partial charge in [0.05, 0.1) is 6.54 Å². The molecule has 0 aliphatic rings. The molecule has 0 bridgehead atoms. The molecule has 116 valence electrons. The predicted molar refractivity (Wildman–Crippen MR) is 84.3 cm³/mol.